The lowest BCUT2D eigenvalue weighted by atomic mass is 9.81. The van der Waals surface area contributed by atoms with E-state index < -0.39 is 0 Å². The van der Waals surface area contributed by atoms with Gasteiger partial charge in [-0.25, -0.2) is 0 Å². The van der Waals surface area contributed by atoms with E-state index in [2.05, 4.69) is 32.9 Å². The summed E-state index contributed by atoms with van der Waals surface area (Å²) < 4.78 is 0. The second kappa shape index (κ2) is 3.27. The van der Waals surface area contributed by atoms with Crippen LogP contribution in [0.3, 0.4) is 0 Å². The second-order valence-corrected chi connectivity index (χ2v) is 5.10. The molecule has 0 heterocycles. The van der Waals surface area contributed by atoms with Crippen LogP contribution in [0.1, 0.15) is 43.4 Å². The molecule has 0 radical (unpaired) electrons. The summed E-state index contributed by atoms with van der Waals surface area (Å²) in [5, 5.41) is 0.892. The van der Waals surface area contributed by atoms with Crippen LogP contribution in [0.5, 0.6) is 0 Å². The van der Waals surface area contributed by atoms with Gasteiger partial charge in [-0.3, -0.25) is 0 Å². The molecule has 0 saturated carbocycles. The molecule has 1 heteroatoms. The van der Waals surface area contributed by atoms with Gasteiger partial charge in [0.1, 0.15) is 0 Å². The number of hydrogen-bond donors (Lipinski definition) is 0. The maximum atomic E-state index is 6.11. The Morgan fingerprint density at radius 3 is 2.79 bits per heavy atom. The lowest BCUT2D eigenvalue weighted by molar-refractivity contribution is 0.453. The zero-order chi connectivity index (χ0) is 10.3. The molecule has 0 bridgehead atoms. The van der Waals surface area contributed by atoms with Crippen LogP contribution in [-0.4, -0.2) is 0 Å². The number of rotatable bonds is 1. The topological polar surface area (TPSA) is 0 Å². The van der Waals surface area contributed by atoms with Crippen molar-refractivity contribution in [1.82, 2.24) is 0 Å². The largest absolute Gasteiger partial charge is 0.0843 e. The standard InChI is InChI=1S/C13H17Cl/c1-4-13(3)6-5-11-9(2)7-10(14)8-12(11)13/h7-8H,4-6H2,1-3H3. The minimum Gasteiger partial charge on any atom is -0.0843 e. The third-order valence-corrected chi connectivity index (χ3v) is 4.01. The number of hydrogen-bond acceptors (Lipinski definition) is 0. The fourth-order valence-corrected chi connectivity index (χ4v) is 2.82. The van der Waals surface area contributed by atoms with Gasteiger partial charge in [0.05, 0.1) is 0 Å². The molecule has 0 nitrogen and oxygen atoms in total. The molecule has 1 aliphatic rings. The molecule has 0 aliphatic heterocycles. The highest BCUT2D eigenvalue weighted by Gasteiger charge is 2.33. The van der Waals surface area contributed by atoms with Gasteiger partial charge < -0.3 is 0 Å². The number of benzene rings is 1. The maximum Gasteiger partial charge on any atom is 0.0411 e. The van der Waals surface area contributed by atoms with E-state index in [1.807, 2.05) is 0 Å². The van der Waals surface area contributed by atoms with Gasteiger partial charge in [0.25, 0.3) is 0 Å². The van der Waals surface area contributed by atoms with Gasteiger partial charge in [0, 0.05) is 5.02 Å². The first-order valence-corrected chi connectivity index (χ1v) is 5.74. The highest BCUT2D eigenvalue weighted by Crippen LogP contribution is 2.43. The molecule has 2 rings (SSSR count). The number of fused-ring (bicyclic) bond motifs is 1. The summed E-state index contributed by atoms with van der Waals surface area (Å²) in [6, 6.07) is 4.25. The van der Waals surface area contributed by atoms with Crippen LogP contribution in [0.4, 0.5) is 0 Å². The van der Waals surface area contributed by atoms with Crippen LogP contribution in [0, 0.1) is 6.92 Å². The fraction of sp³-hybridized carbons (Fsp3) is 0.538. The van der Waals surface area contributed by atoms with E-state index >= 15 is 0 Å². The SMILES string of the molecule is CCC1(C)CCc2c(C)cc(Cl)cc21. The molecule has 0 aromatic heterocycles. The minimum absolute atomic E-state index is 0.366. The van der Waals surface area contributed by atoms with E-state index in [-0.39, 0.29) is 0 Å². The lowest BCUT2D eigenvalue weighted by Crippen LogP contribution is -2.16. The predicted octanol–water partition coefficient (Wildman–Crippen LogP) is 4.26. The van der Waals surface area contributed by atoms with E-state index in [1.54, 1.807) is 5.56 Å². The van der Waals surface area contributed by atoms with Gasteiger partial charge in [0.2, 0.25) is 0 Å². The first kappa shape index (κ1) is 10.0. The van der Waals surface area contributed by atoms with Crippen molar-refractivity contribution in [2.24, 2.45) is 0 Å². The summed E-state index contributed by atoms with van der Waals surface area (Å²) in [6.45, 7) is 6.80. The Balaban J connectivity index is 2.60. The smallest absolute Gasteiger partial charge is 0.0411 e. The molecule has 1 aliphatic carbocycles. The molecule has 1 unspecified atom stereocenters. The summed E-state index contributed by atoms with van der Waals surface area (Å²) in [5.41, 5.74) is 4.76. The summed E-state index contributed by atoms with van der Waals surface area (Å²) in [4.78, 5) is 0. The Labute approximate surface area is 91.3 Å². The molecular formula is C13H17Cl. The molecule has 0 amide bonds. The van der Waals surface area contributed by atoms with Gasteiger partial charge in [-0.05, 0) is 60.4 Å². The molecule has 1 aromatic carbocycles. The van der Waals surface area contributed by atoms with E-state index in [1.165, 1.54) is 30.4 Å². The highest BCUT2D eigenvalue weighted by molar-refractivity contribution is 6.30. The van der Waals surface area contributed by atoms with Crippen molar-refractivity contribution in [3.8, 4) is 0 Å². The Hall–Kier alpha value is -0.490. The summed E-state index contributed by atoms with van der Waals surface area (Å²) >= 11 is 6.11. The Bertz CT molecular complexity index is 368. The Morgan fingerprint density at radius 2 is 2.14 bits per heavy atom. The van der Waals surface area contributed by atoms with Crippen LogP contribution in [0.2, 0.25) is 5.02 Å². The maximum absolute atomic E-state index is 6.11. The molecule has 0 spiro atoms. The normalized spacial score (nSPS) is 25.1. The monoisotopic (exact) mass is 208 g/mol. The number of halogens is 1. The van der Waals surface area contributed by atoms with E-state index in [0.717, 1.165) is 5.02 Å². The molecule has 1 atom stereocenters. The lowest BCUT2D eigenvalue weighted by Gasteiger charge is -2.23. The quantitative estimate of drug-likeness (QED) is 0.647. The third kappa shape index (κ3) is 1.37. The molecule has 0 N–H and O–H groups in total. The summed E-state index contributed by atoms with van der Waals surface area (Å²) in [6.07, 6.45) is 3.71. The Kier molecular flexibility index (Phi) is 2.35. The molecule has 0 fully saturated rings. The molecule has 14 heavy (non-hydrogen) atoms. The van der Waals surface area contributed by atoms with Crippen molar-refractivity contribution in [1.29, 1.82) is 0 Å². The number of aryl methyl sites for hydroxylation is 1. The van der Waals surface area contributed by atoms with Crippen molar-refractivity contribution in [2.75, 3.05) is 0 Å². The Morgan fingerprint density at radius 1 is 1.43 bits per heavy atom. The highest BCUT2D eigenvalue weighted by atomic mass is 35.5. The average Bonchev–Trinajstić information content (AvgIpc) is 2.46. The third-order valence-electron chi connectivity index (χ3n) is 3.80. The molecule has 1 aromatic rings. The minimum atomic E-state index is 0.366. The van der Waals surface area contributed by atoms with Gasteiger partial charge in [-0.15, -0.1) is 0 Å². The molecule has 76 valence electrons. The first-order chi connectivity index (χ1) is 6.57. The van der Waals surface area contributed by atoms with Gasteiger partial charge in [-0.2, -0.15) is 0 Å². The van der Waals surface area contributed by atoms with Crippen LogP contribution < -0.4 is 0 Å². The van der Waals surface area contributed by atoms with E-state index in [4.69, 9.17) is 11.6 Å². The van der Waals surface area contributed by atoms with Crippen molar-refractivity contribution >= 4 is 11.6 Å². The van der Waals surface area contributed by atoms with Crippen molar-refractivity contribution in [2.45, 2.75) is 45.4 Å². The van der Waals surface area contributed by atoms with E-state index in [9.17, 15) is 0 Å². The van der Waals surface area contributed by atoms with Crippen molar-refractivity contribution in [3.63, 3.8) is 0 Å². The summed E-state index contributed by atoms with van der Waals surface area (Å²) in [5.74, 6) is 0. The molecule has 0 saturated heterocycles. The van der Waals surface area contributed by atoms with Crippen LogP contribution in [0.15, 0.2) is 12.1 Å². The molecular weight excluding hydrogens is 192 g/mol. The van der Waals surface area contributed by atoms with Gasteiger partial charge in [0.15, 0.2) is 0 Å². The van der Waals surface area contributed by atoms with Gasteiger partial charge in [-0.1, -0.05) is 25.4 Å². The van der Waals surface area contributed by atoms with Crippen molar-refractivity contribution in [3.05, 3.63) is 33.8 Å². The van der Waals surface area contributed by atoms with Crippen LogP contribution in [-0.2, 0) is 11.8 Å². The average molecular weight is 209 g/mol. The van der Waals surface area contributed by atoms with Gasteiger partial charge >= 0.3 is 0 Å². The summed E-state index contributed by atoms with van der Waals surface area (Å²) in [7, 11) is 0. The zero-order valence-corrected chi connectivity index (χ0v) is 9.91. The zero-order valence-electron chi connectivity index (χ0n) is 9.15. The fourth-order valence-electron chi connectivity index (χ4n) is 2.55. The van der Waals surface area contributed by atoms with Crippen LogP contribution in [0.25, 0.3) is 0 Å². The van der Waals surface area contributed by atoms with Crippen LogP contribution >= 0.6 is 11.6 Å². The first-order valence-electron chi connectivity index (χ1n) is 5.36. The predicted molar refractivity (Wildman–Crippen MR) is 62.2 cm³/mol. The van der Waals surface area contributed by atoms with E-state index in [0.29, 0.717) is 5.41 Å². The second-order valence-electron chi connectivity index (χ2n) is 4.66. The van der Waals surface area contributed by atoms with Crippen molar-refractivity contribution < 1.29 is 0 Å².